The molecule has 1 heterocycles. The fraction of sp³-hybridized carbons (Fsp3) is 0.174. The second kappa shape index (κ2) is 11.0. The zero-order valence-corrected chi connectivity index (χ0v) is 19.8. The van der Waals surface area contributed by atoms with Crippen LogP contribution >= 0.6 is 11.3 Å². The number of hydrogen-bond acceptors (Lipinski definition) is 6. The number of hydrogen-bond donors (Lipinski definition) is 2. The van der Waals surface area contributed by atoms with E-state index in [1.165, 1.54) is 31.4 Å². The maximum Gasteiger partial charge on any atom is 0.241 e. The van der Waals surface area contributed by atoms with Crippen LogP contribution in [-0.2, 0) is 26.2 Å². The molecule has 3 aromatic rings. The van der Waals surface area contributed by atoms with Crippen molar-refractivity contribution in [3.63, 3.8) is 0 Å². The van der Waals surface area contributed by atoms with Crippen LogP contribution in [-0.4, -0.2) is 43.1 Å². The fourth-order valence-corrected chi connectivity index (χ4v) is 4.34. The maximum atomic E-state index is 12.4. The summed E-state index contributed by atoms with van der Waals surface area (Å²) >= 11 is 1.25. The molecule has 0 spiro atoms. The Morgan fingerprint density at radius 2 is 1.79 bits per heavy atom. The van der Waals surface area contributed by atoms with E-state index in [0.717, 1.165) is 26.4 Å². The molecule has 0 atom stereocenters. The zero-order valence-electron chi connectivity index (χ0n) is 18.2. The average Bonchev–Trinajstić information content (AvgIpc) is 3.25. The largest absolute Gasteiger partial charge is 0.352 e. The second-order valence-electron chi connectivity index (χ2n) is 7.21. The van der Waals surface area contributed by atoms with Gasteiger partial charge in [-0.1, -0.05) is 54.6 Å². The molecule has 0 unspecified atom stereocenters. The van der Waals surface area contributed by atoms with Gasteiger partial charge in [-0.2, -0.15) is 4.31 Å². The van der Waals surface area contributed by atoms with Crippen LogP contribution in [0.25, 0.3) is 17.3 Å². The van der Waals surface area contributed by atoms with E-state index < -0.39 is 15.9 Å². The number of nitrogens with zero attached hydrogens (tertiary/aromatic N) is 2. The molecule has 2 N–H and O–H groups in total. The first-order valence-electron chi connectivity index (χ1n) is 10.0. The van der Waals surface area contributed by atoms with Gasteiger partial charge in [-0.25, -0.2) is 13.4 Å². The summed E-state index contributed by atoms with van der Waals surface area (Å²) in [6.45, 7) is 1.58. The Hall–Kier alpha value is -3.34. The van der Waals surface area contributed by atoms with Crippen LogP contribution in [0, 0.1) is 0 Å². The topological polar surface area (TPSA) is 108 Å². The lowest BCUT2D eigenvalue weighted by Crippen LogP contribution is -2.33. The number of rotatable bonds is 9. The number of aromatic nitrogens is 1. The first-order valence-corrected chi connectivity index (χ1v) is 12.4. The molecule has 0 aliphatic carbocycles. The minimum Gasteiger partial charge on any atom is -0.352 e. The summed E-state index contributed by atoms with van der Waals surface area (Å²) in [5.41, 5.74) is 3.26. The van der Waals surface area contributed by atoms with Gasteiger partial charge in [0.2, 0.25) is 21.8 Å². The van der Waals surface area contributed by atoms with Crippen LogP contribution in [0.4, 0.5) is 5.13 Å². The number of benzene rings is 2. The Kier molecular flexibility index (Phi) is 8.10. The summed E-state index contributed by atoms with van der Waals surface area (Å²) in [6, 6.07) is 16.6. The van der Waals surface area contributed by atoms with Crippen molar-refractivity contribution < 1.29 is 18.0 Å². The summed E-state index contributed by atoms with van der Waals surface area (Å²) in [5, 5.41) is 8.64. The summed E-state index contributed by atoms with van der Waals surface area (Å²) in [4.78, 5) is 27.8. The van der Waals surface area contributed by atoms with Gasteiger partial charge in [-0.15, -0.1) is 11.3 Å². The molecule has 0 bridgehead atoms. The van der Waals surface area contributed by atoms with E-state index in [0.29, 0.717) is 17.4 Å². The van der Waals surface area contributed by atoms with E-state index >= 15 is 0 Å². The number of carbonyl (C=O) groups is 2. The third kappa shape index (κ3) is 7.35. The molecule has 0 aliphatic heterocycles. The van der Waals surface area contributed by atoms with E-state index in [4.69, 9.17) is 0 Å². The molecule has 8 nitrogen and oxygen atoms in total. The predicted octanol–water partition coefficient (Wildman–Crippen LogP) is 3.32. The van der Waals surface area contributed by atoms with E-state index in [2.05, 4.69) is 15.6 Å². The van der Waals surface area contributed by atoms with Gasteiger partial charge in [-0.05, 0) is 17.2 Å². The number of carbonyl (C=O) groups excluding carboxylic acids is 2. The lowest BCUT2D eigenvalue weighted by atomic mass is 10.1. The number of nitrogens with one attached hydrogen (secondary N) is 2. The normalized spacial score (nSPS) is 11.6. The average molecular weight is 485 g/mol. The van der Waals surface area contributed by atoms with Gasteiger partial charge < -0.3 is 10.6 Å². The second-order valence-corrected chi connectivity index (χ2v) is 9.99. The summed E-state index contributed by atoms with van der Waals surface area (Å²) in [6.07, 6.45) is 1.48. The third-order valence-electron chi connectivity index (χ3n) is 4.57. The maximum absolute atomic E-state index is 12.4. The standard InChI is InChI=1S/C23H24N4O4S2/c1-17(28)24-14-19-8-10-20(11-9-19)21-16-32-23(25-21)26-22(29)15-27(2)33(30,31)13-12-18-6-4-3-5-7-18/h3-13,16H,14-15H2,1-2H3,(H,24,28)(H,25,26,29)/b13-12+. The molecule has 0 aliphatic rings. The molecule has 2 aromatic carbocycles. The number of thiazole rings is 1. The van der Waals surface area contributed by atoms with E-state index in [1.54, 1.807) is 12.1 Å². The van der Waals surface area contributed by atoms with Gasteiger partial charge >= 0.3 is 0 Å². The minimum absolute atomic E-state index is 0.0929. The molecule has 172 valence electrons. The first kappa shape index (κ1) is 24.3. The third-order valence-corrected chi connectivity index (χ3v) is 6.81. The molecule has 10 heteroatoms. The Morgan fingerprint density at radius 1 is 1.09 bits per heavy atom. The van der Waals surface area contributed by atoms with Crippen molar-refractivity contribution in [3.8, 4) is 11.3 Å². The molecule has 0 saturated heterocycles. The van der Waals surface area contributed by atoms with Crippen molar-refractivity contribution in [2.45, 2.75) is 13.5 Å². The van der Waals surface area contributed by atoms with Gasteiger partial charge in [0.25, 0.3) is 0 Å². The first-order chi connectivity index (χ1) is 15.7. The van der Waals surface area contributed by atoms with Gasteiger partial charge in [0, 0.05) is 36.9 Å². The molecule has 2 amide bonds. The predicted molar refractivity (Wildman–Crippen MR) is 131 cm³/mol. The fourth-order valence-electron chi connectivity index (χ4n) is 2.77. The lowest BCUT2D eigenvalue weighted by molar-refractivity contribution is -0.119. The van der Waals surface area contributed by atoms with Crippen LogP contribution in [0.15, 0.2) is 65.4 Å². The van der Waals surface area contributed by atoms with Gasteiger partial charge in [-0.3, -0.25) is 9.59 Å². The summed E-state index contributed by atoms with van der Waals surface area (Å²) in [7, 11) is -2.40. The molecular formula is C23H24N4O4S2. The van der Waals surface area contributed by atoms with Crippen molar-refractivity contribution in [1.82, 2.24) is 14.6 Å². The molecule has 0 radical (unpaired) electrons. The van der Waals surface area contributed by atoms with Crippen molar-refractivity contribution in [3.05, 3.63) is 76.5 Å². The van der Waals surface area contributed by atoms with Gasteiger partial charge in [0.05, 0.1) is 12.2 Å². The van der Waals surface area contributed by atoms with Crippen LogP contribution in [0.5, 0.6) is 0 Å². The molecule has 0 saturated carbocycles. The number of sulfonamides is 1. The highest BCUT2D eigenvalue weighted by molar-refractivity contribution is 7.92. The molecule has 33 heavy (non-hydrogen) atoms. The minimum atomic E-state index is -3.75. The van der Waals surface area contributed by atoms with Gasteiger partial charge in [0.15, 0.2) is 5.13 Å². The Bertz CT molecular complexity index is 1240. The van der Waals surface area contributed by atoms with E-state index in [1.807, 2.05) is 47.8 Å². The molecule has 1 aromatic heterocycles. The van der Waals surface area contributed by atoms with Crippen molar-refractivity contribution in [2.75, 3.05) is 18.9 Å². The highest BCUT2D eigenvalue weighted by atomic mass is 32.2. The van der Waals surface area contributed by atoms with E-state index in [-0.39, 0.29) is 12.5 Å². The Labute approximate surface area is 197 Å². The molecular weight excluding hydrogens is 460 g/mol. The number of likely N-dealkylation sites (N-methyl/N-ethyl adjacent to an activating group) is 1. The lowest BCUT2D eigenvalue weighted by Gasteiger charge is -2.13. The van der Waals surface area contributed by atoms with Crippen molar-refractivity contribution in [1.29, 1.82) is 0 Å². The molecule has 0 fully saturated rings. The van der Waals surface area contributed by atoms with Crippen molar-refractivity contribution >= 4 is 44.4 Å². The highest BCUT2D eigenvalue weighted by Gasteiger charge is 2.18. The Morgan fingerprint density at radius 3 is 2.45 bits per heavy atom. The Balaban J connectivity index is 1.56. The smallest absolute Gasteiger partial charge is 0.241 e. The van der Waals surface area contributed by atoms with Crippen LogP contribution in [0.1, 0.15) is 18.1 Å². The number of anilines is 1. The monoisotopic (exact) mass is 484 g/mol. The summed E-state index contributed by atoms with van der Waals surface area (Å²) in [5.74, 6) is -0.578. The summed E-state index contributed by atoms with van der Waals surface area (Å²) < 4.78 is 25.8. The zero-order chi connectivity index (χ0) is 23.8. The highest BCUT2D eigenvalue weighted by Crippen LogP contribution is 2.25. The van der Waals surface area contributed by atoms with Crippen LogP contribution in [0.2, 0.25) is 0 Å². The van der Waals surface area contributed by atoms with Crippen LogP contribution in [0.3, 0.4) is 0 Å². The van der Waals surface area contributed by atoms with Crippen LogP contribution < -0.4 is 10.6 Å². The van der Waals surface area contributed by atoms with Crippen molar-refractivity contribution in [2.24, 2.45) is 0 Å². The SMILES string of the molecule is CC(=O)NCc1ccc(-c2csc(NC(=O)CN(C)S(=O)(=O)/C=C/c3ccccc3)n2)cc1. The number of amides is 2. The van der Waals surface area contributed by atoms with Gasteiger partial charge in [0.1, 0.15) is 0 Å². The quantitative estimate of drug-likeness (QED) is 0.484. The van der Waals surface area contributed by atoms with E-state index in [9.17, 15) is 18.0 Å². The molecule has 3 rings (SSSR count).